The average Bonchev–Trinajstić information content (AvgIpc) is 2.89. The van der Waals surface area contributed by atoms with Gasteiger partial charge in [-0.25, -0.2) is 0 Å². The number of ether oxygens (including phenoxy) is 3. The third-order valence-electron chi connectivity index (χ3n) is 2.71. The van der Waals surface area contributed by atoms with Crippen LogP contribution in [-0.4, -0.2) is 26.6 Å². The lowest BCUT2D eigenvalue weighted by molar-refractivity contribution is -0.138. The van der Waals surface area contributed by atoms with Crippen molar-refractivity contribution in [1.29, 1.82) is 0 Å². The molecule has 0 aliphatic carbocycles. The lowest BCUT2D eigenvalue weighted by Gasteiger charge is -2.18. The Bertz CT molecular complexity index is 479. The van der Waals surface area contributed by atoms with Crippen molar-refractivity contribution < 1.29 is 32.2 Å². The number of benzene rings is 1. The van der Waals surface area contributed by atoms with Gasteiger partial charge >= 0.3 is 6.18 Å². The molecule has 0 amide bonds. The number of hydrogen-bond acceptors (Lipinski definition) is 4. The standard InChI is InChI=1S/C12H11F3O4/c1-17-10-4-7(6-16)9(12(13,14)15)5-8(10)11-18-2-3-19-11/h4-6,11H,2-3H2,1H3. The lowest BCUT2D eigenvalue weighted by atomic mass is 10.0. The van der Waals surface area contributed by atoms with Crippen LogP contribution in [0.2, 0.25) is 0 Å². The van der Waals surface area contributed by atoms with E-state index in [-0.39, 0.29) is 17.6 Å². The van der Waals surface area contributed by atoms with Gasteiger partial charge in [0.25, 0.3) is 0 Å². The fourth-order valence-electron chi connectivity index (χ4n) is 1.85. The van der Waals surface area contributed by atoms with Crippen molar-refractivity contribution in [2.75, 3.05) is 20.3 Å². The second-order valence-corrected chi connectivity index (χ2v) is 3.87. The molecule has 1 aliphatic heterocycles. The quantitative estimate of drug-likeness (QED) is 0.796. The van der Waals surface area contributed by atoms with Gasteiger partial charge in [0.15, 0.2) is 12.6 Å². The third kappa shape index (κ3) is 2.71. The molecule has 1 fully saturated rings. The molecular weight excluding hydrogens is 265 g/mol. The Labute approximate surface area is 107 Å². The number of alkyl halides is 3. The Morgan fingerprint density at radius 3 is 2.42 bits per heavy atom. The van der Waals surface area contributed by atoms with Gasteiger partial charge in [-0.2, -0.15) is 13.2 Å². The SMILES string of the molecule is COc1cc(C=O)c(C(F)(F)F)cc1C1OCCO1. The number of halogens is 3. The highest BCUT2D eigenvalue weighted by Gasteiger charge is 2.36. The van der Waals surface area contributed by atoms with Crippen molar-refractivity contribution in [3.63, 3.8) is 0 Å². The van der Waals surface area contributed by atoms with Crippen molar-refractivity contribution in [2.45, 2.75) is 12.5 Å². The van der Waals surface area contributed by atoms with Crippen LogP contribution < -0.4 is 4.74 Å². The molecule has 0 aromatic heterocycles. The smallest absolute Gasteiger partial charge is 0.417 e. The summed E-state index contributed by atoms with van der Waals surface area (Å²) in [4.78, 5) is 10.8. The van der Waals surface area contributed by atoms with Crippen LogP contribution in [0.25, 0.3) is 0 Å². The van der Waals surface area contributed by atoms with E-state index in [1.807, 2.05) is 0 Å². The van der Waals surface area contributed by atoms with Crippen LogP contribution in [-0.2, 0) is 15.7 Å². The summed E-state index contributed by atoms with van der Waals surface area (Å²) in [6, 6.07) is 1.87. The summed E-state index contributed by atoms with van der Waals surface area (Å²) in [6.07, 6.45) is -5.39. The molecule has 0 unspecified atom stereocenters. The number of carbonyl (C=O) groups is 1. The zero-order valence-corrected chi connectivity index (χ0v) is 9.99. The number of hydrogen-bond donors (Lipinski definition) is 0. The number of carbonyl (C=O) groups excluding carboxylic acids is 1. The fourth-order valence-corrected chi connectivity index (χ4v) is 1.85. The van der Waals surface area contributed by atoms with E-state index in [1.165, 1.54) is 7.11 Å². The van der Waals surface area contributed by atoms with E-state index in [2.05, 4.69) is 0 Å². The highest BCUT2D eigenvalue weighted by Crippen LogP contribution is 2.39. The predicted octanol–water partition coefficient (Wildman–Crippen LogP) is 2.57. The molecule has 0 saturated carbocycles. The van der Waals surface area contributed by atoms with E-state index in [4.69, 9.17) is 14.2 Å². The van der Waals surface area contributed by atoms with Gasteiger partial charge in [-0.3, -0.25) is 4.79 Å². The molecule has 4 nitrogen and oxygen atoms in total. The van der Waals surface area contributed by atoms with Crippen LogP contribution in [0.4, 0.5) is 13.2 Å². The zero-order chi connectivity index (χ0) is 14.0. The van der Waals surface area contributed by atoms with E-state index in [0.29, 0.717) is 13.2 Å². The maximum Gasteiger partial charge on any atom is 0.417 e. The molecule has 19 heavy (non-hydrogen) atoms. The van der Waals surface area contributed by atoms with Gasteiger partial charge in [0.1, 0.15) is 5.75 Å². The summed E-state index contributed by atoms with van der Waals surface area (Å²) in [6.45, 7) is 0.592. The predicted molar refractivity (Wildman–Crippen MR) is 58.0 cm³/mol. The Morgan fingerprint density at radius 1 is 1.32 bits per heavy atom. The zero-order valence-electron chi connectivity index (χ0n) is 9.99. The van der Waals surface area contributed by atoms with Gasteiger partial charge in [0.2, 0.25) is 0 Å². The molecule has 2 rings (SSSR count). The maximum atomic E-state index is 12.9. The third-order valence-corrected chi connectivity index (χ3v) is 2.71. The monoisotopic (exact) mass is 276 g/mol. The van der Waals surface area contributed by atoms with Gasteiger partial charge < -0.3 is 14.2 Å². The van der Waals surface area contributed by atoms with Crippen LogP contribution in [0.3, 0.4) is 0 Å². The van der Waals surface area contributed by atoms with E-state index < -0.39 is 23.6 Å². The van der Waals surface area contributed by atoms with Crippen molar-refractivity contribution in [2.24, 2.45) is 0 Å². The van der Waals surface area contributed by atoms with E-state index in [0.717, 1.165) is 12.1 Å². The molecule has 1 saturated heterocycles. The highest BCUT2D eigenvalue weighted by atomic mass is 19.4. The van der Waals surface area contributed by atoms with Gasteiger partial charge in [0, 0.05) is 5.56 Å². The van der Waals surface area contributed by atoms with Crippen molar-refractivity contribution in [1.82, 2.24) is 0 Å². The first kappa shape index (κ1) is 13.8. The van der Waals surface area contributed by atoms with Crippen LogP contribution in [0, 0.1) is 0 Å². The highest BCUT2D eigenvalue weighted by molar-refractivity contribution is 5.79. The summed E-state index contributed by atoms with van der Waals surface area (Å²) >= 11 is 0. The first-order chi connectivity index (χ1) is 8.97. The normalized spacial score (nSPS) is 16.6. The Kier molecular flexibility index (Phi) is 3.77. The lowest BCUT2D eigenvalue weighted by Crippen LogP contribution is -2.12. The van der Waals surface area contributed by atoms with Crippen LogP contribution in [0.5, 0.6) is 5.75 Å². The summed E-state index contributed by atoms with van der Waals surface area (Å²) in [7, 11) is 1.30. The fraction of sp³-hybridized carbons (Fsp3) is 0.417. The van der Waals surface area contributed by atoms with Gasteiger partial charge in [-0.05, 0) is 12.1 Å². The molecular formula is C12H11F3O4. The molecule has 0 spiro atoms. The molecule has 7 heteroatoms. The van der Waals surface area contributed by atoms with Gasteiger partial charge in [-0.15, -0.1) is 0 Å². The van der Waals surface area contributed by atoms with Crippen molar-refractivity contribution >= 4 is 6.29 Å². The average molecular weight is 276 g/mol. The van der Waals surface area contributed by atoms with Gasteiger partial charge in [-0.1, -0.05) is 0 Å². The van der Waals surface area contributed by atoms with Gasteiger partial charge in [0.05, 0.1) is 31.5 Å². The summed E-state index contributed by atoms with van der Waals surface area (Å²) in [5, 5.41) is 0. The first-order valence-electron chi connectivity index (χ1n) is 5.45. The minimum absolute atomic E-state index is 0.123. The van der Waals surface area contributed by atoms with E-state index in [1.54, 1.807) is 0 Å². The molecule has 1 aliphatic rings. The molecule has 0 radical (unpaired) electrons. The number of rotatable bonds is 3. The molecule has 0 atom stereocenters. The van der Waals surface area contributed by atoms with E-state index >= 15 is 0 Å². The summed E-state index contributed by atoms with van der Waals surface area (Å²) in [5.41, 5.74) is -1.39. The minimum Gasteiger partial charge on any atom is -0.496 e. The molecule has 0 N–H and O–H groups in total. The second kappa shape index (κ2) is 5.18. The van der Waals surface area contributed by atoms with Crippen LogP contribution in [0.1, 0.15) is 27.8 Å². The topological polar surface area (TPSA) is 44.8 Å². The minimum atomic E-state index is -4.63. The Balaban J connectivity index is 2.55. The molecule has 1 aromatic rings. The van der Waals surface area contributed by atoms with Crippen LogP contribution in [0.15, 0.2) is 12.1 Å². The summed E-state index contributed by atoms with van der Waals surface area (Å²) in [5.74, 6) is 0.127. The Hall–Kier alpha value is -1.60. The number of methoxy groups -OCH3 is 1. The van der Waals surface area contributed by atoms with Crippen molar-refractivity contribution in [3.8, 4) is 5.75 Å². The molecule has 0 bridgehead atoms. The van der Waals surface area contributed by atoms with Crippen molar-refractivity contribution in [3.05, 3.63) is 28.8 Å². The maximum absolute atomic E-state index is 12.9. The van der Waals surface area contributed by atoms with Crippen LogP contribution >= 0.6 is 0 Å². The molecule has 1 aromatic carbocycles. The molecule has 1 heterocycles. The molecule has 104 valence electrons. The second-order valence-electron chi connectivity index (χ2n) is 3.87. The number of aldehydes is 1. The Morgan fingerprint density at radius 2 is 1.95 bits per heavy atom. The summed E-state index contributed by atoms with van der Waals surface area (Å²) < 4.78 is 53.9. The first-order valence-corrected chi connectivity index (χ1v) is 5.45. The van der Waals surface area contributed by atoms with E-state index in [9.17, 15) is 18.0 Å². The largest absolute Gasteiger partial charge is 0.496 e.